The monoisotopic (exact) mass is 247 g/mol. The van der Waals surface area contributed by atoms with Crippen LogP contribution in [0.25, 0.3) is 0 Å². The Morgan fingerprint density at radius 1 is 1.35 bits per heavy atom. The van der Waals surface area contributed by atoms with E-state index in [1.807, 2.05) is 6.92 Å². The third-order valence-corrected chi connectivity index (χ3v) is 2.29. The summed E-state index contributed by atoms with van der Waals surface area (Å²) in [5.74, 6) is 0. The number of alkyl halides is 3. The molecule has 1 atom stereocenters. The fraction of sp³-hybridized carbons (Fsp3) is 0.500. The zero-order valence-corrected chi connectivity index (χ0v) is 9.63. The van der Waals surface area contributed by atoms with E-state index >= 15 is 0 Å². The lowest BCUT2D eigenvalue weighted by molar-refractivity contribution is -0.137. The highest BCUT2D eigenvalue weighted by atomic mass is 19.4. The lowest BCUT2D eigenvalue weighted by atomic mass is 10.0. The molecule has 1 aromatic carbocycles. The summed E-state index contributed by atoms with van der Waals surface area (Å²) >= 11 is 0. The molecule has 1 aromatic rings. The third-order valence-electron chi connectivity index (χ3n) is 2.29. The second kappa shape index (κ2) is 6.02. The molecule has 0 aliphatic carbocycles. The summed E-state index contributed by atoms with van der Waals surface area (Å²) in [7, 11) is 0. The Labute approximate surface area is 98.6 Å². The molecule has 1 unspecified atom stereocenters. The maximum absolute atomic E-state index is 12.5. The van der Waals surface area contributed by atoms with Crippen LogP contribution in [0.1, 0.15) is 18.1 Å². The summed E-state index contributed by atoms with van der Waals surface area (Å²) < 4.78 is 42.5. The van der Waals surface area contributed by atoms with Crippen molar-refractivity contribution in [1.82, 2.24) is 0 Å². The molecule has 0 spiro atoms. The smallest absolute Gasteiger partial charge is 0.380 e. The van der Waals surface area contributed by atoms with Crippen LogP contribution < -0.4 is 5.73 Å². The van der Waals surface area contributed by atoms with Gasteiger partial charge in [-0.05, 0) is 25.0 Å². The molecule has 2 N–H and O–H groups in total. The topological polar surface area (TPSA) is 35.2 Å². The Bertz CT molecular complexity index is 352. The molecule has 5 heteroatoms. The average Bonchev–Trinajstić information content (AvgIpc) is 2.25. The Kier molecular flexibility index (Phi) is 4.96. The van der Waals surface area contributed by atoms with Gasteiger partial charge in [-0.2, -0.15) is 13.2 Å². The lowest BCUT2D eigenvalue weighted by Gasteiger charge is -2.13. The van der Waals surface area contributed by atoms with Gasteiger partial charge in [0.1, 0.15) is 0 Å². The minimum atomic E-state index is -4.31. The van der Waals surface area contributed by atoms with E-state index in [0.717, 1.165) is 12.1 Å². The lowest BCUT2D eigenvalue weighted by Crippen LogP contribution is -2.28. The van der Waals surface area contributed by atoms with Gasteiger partial charge in [0.25, 0.3) is 0 Å². The van der Waals surface area contributed by atoms with E-state index in [4.69, 9.17) is 10.5 Å². The first kappa shape index (κ1) is 14.0. The molecule has 96 valence electrons. The van der Waals surface area contributed by atoms with E-state index in [9.17, 15) is 13.2 Å². The Morgan fingerprint density at radius 2 is 2.06 bits per heavy atom. The summed E-state index contributed by atoms with van der Waals surface area (Å²) in [6.45, 7) is 2.75. The highest BCUT2D eigenvalue weighted by Crippen LogP contribution is 2.29. The number of rotatable bonds is 5. The van der Waals surface area contributed by atoms with Crippen LogP contribution in [0.15, 0.2) is 24.3 Å². The molecule has 0 saturated carbocycles. The number of hydrogen-bond donors (Lipinski definition) is 1. The van der Waals surface area contributed by atoms with Gasteiger partial charge in [-0.3, -0.25) is 0 Å². The molecule has 1 rings (SSSR count). The standard InChI is InChI=1S/C12H16F3NO/c1-2-17-8-11(16)7-9-4-3-5-10(6-9)12(13,14)15/h3-6,11H,2,7-8,16H2,1H3. The second-order valence-corrected chi connectivity index (χ2v) is 3.82. The van der Waals surface area contributed by atoms with Gasteiger partial charge in [0.2, 0.25) is 0 Å². The van der Waals surface area contributed by atoms with Crippen LogP contribution in [0.5, 0.6) is 0 Å². The molecule has 2 nitrogen and oxygen atoms in total. The zero-order chi connectivity index (χ0) is 12.9. The number of halogens is 3. The van der Waals surface area contributed by atoms with E-state index in [1.165, 1.54) is 6.07 Å². The summed E-state index contributed by atoms with van der Waals surface area (Å²) in [5.41, 5.74) is 5.68. The quantitative estimate of drug-likeness (QED) is 0.868. The highest BCUT2D eigenvalue weighted by Gasteiger charge is 2.30. The van der Waals surface area contributed by atoms with Gasteiger partial charge < -0.3 is 10.5 Å². The van der Waals surface area contributed by atoms with E-state index in [1.54, 1.807) is 6.07 Å². The van der Waals surface area contributed by atoms with E-state index in [-0.39, 0.29) is 6.04 Å². The van der Waals surface area contributed by atoms with Crippen LogP contribution in [0, 0.1) is 0 Å². The second-order valence-electron chi connectivity index (χ2n) is 3.82. The Balaban J connectivity index is 2.66. The van der Waals surface area contributed by atoms with Crippen LogP contribution in [0.4, 0.5) is 13.2 Å². The Morgan fingerprint density at radius 3 is 2.65 bits per heavy atom. The molecule has 0 amide bonds. The fourth-order valence-electron chi connectivity index (χ4n) is 1.51. The molecule has 0 saturated heterocycles. The van der Waals surface area contributed by atoms with Gasteiger partial charge in [-0.1, -0.05) is 18.2 Å². The number of hydrogen-bond acceptors (Lipinski definition) is 2. The van der Waals surface area contributed by atoms with Crippen LogP contribution in [0.3, 0.4) is 0 Å². The third kappa shape index (κ3) is 4.75. The molecule has 0 aromatic heterocycles. The molecule has 0 radical (unpaired) electrons. The molecule has 0 aliphatic rings. The van der Waals surface area contributed by atoms with Gasteiger partial charge in [0.15, 0.2) is 0 Å². The predicted molar refractivity (Wildman–Crippen MR) is 59.6 cm³/mol. The predicted octanol–water partition coefficient (Wildman–Crippen LogP) is 2.61. The zero-order valence-electron chi connectivity index (χ0n) is 9.63. The van der Waals surface area contributed by atoms with E-state index in [2.05, 4.69) is 0 Å². The molecule has 0 aliphatic heterocycles. The van der Waals surface area contributed by atoms with Crippen molar-refractivity contribution in [3.8, 4) is 0 Å². The summed E-state index contributed by atoms with van der Waals surface area (Å²) in [5, 5.41) is 0. The first-order valence-electron chi connectivity index (χ1n) is 5.43. The molecular weight excluding hydrogens is 231 g/mol. The average molecular weight is 247 g/mol. The molecule has 0 bridgehead atoms. The van der Waals surface area contributed by atoms with Crippen LogP contribution in [-0.2, 0) is 17.3 Å². The molecule has 17 heavy (non-hydrogen) atoms. The number of nitrogens with two attached hydrogens (primary N) is 1. The van der Waals surface area contributed by atoms with Crippen LogP contribution >= 0.6 is 0 Å². The maximum atomic E-state index is 12.5. The fourth-order valence-corrected chi connectivity index (χ4v) is 1.51. The summed E-state index contributed by atoms with van der Waals surface area (Å²) in [4.78, 5) is 0. The minimum absolute atomic E-state index is 0.279. The van der Waals surface area contributed by atoms with Crippen molar-refractivity contribution in [2.75, 3.05) is 13.2 Å². The SMILES string of the molecule is CCOCC(N)Cc1cccc(C(F)(F)F)c1. The largest absolute Gasteiger partial charge is 0.416 e. The minimum Gasteiger partial charge on any atom is -0.380 e. The molecular formula is C12H16F3NO. The van der Waals surface area contributed by atoms with Crippen molar-refractivity contribution >= 4 is 0 Å². The maximum Gasteiger partial charge on any atom is 0.416 e. The van der Waals surface area contributed by atoms with Crippen molar-refractivity contribution in [1.29, 1.82) is 0 Å². The van der Waals surface area contributed by atoms with Crippen LogP contribution in [0.2, 0.25) is 0 Å². The van der Waals surface area contributed by atoms with Gasteiger partial charge >= 0.3 is 6.18 Å². The van der Waals surface area contributed by atoms with Crippen molar-refractivity contribution < 1.29 is 17.9 Å². The van der Waals surface area contributed by atoms with Crippen molar-refractivity contribution in [3.05, 3.63) is 35.4 Å². The van der Waals surface area contributed by atoms with Gasteiger partial charge in [-0.25, -0.2) is 0 Å². The normalized spacial score (nSPS) is 13.7. The highest BCUT2D eigenvalue weighted by molar-refractivity contribution is 5.26. The van der Waals surface area contributed by atoms with Crippen LogP contribution in [-0.4, -0.2) is 19.3 Å². The number of ether oxygens (including phenoxy) is 1. The van der Waals surface area contributed by atoms with Gasteiger partial charge in [0, 0.05) is 12.6 Å². The summed E-state index contributed by atoms with van der Waals surface area (Å²) in [6, 6.07) is 4.94. The van der Waals surface area contributed by atoms with Gasteiger partial charge in [-0.15, -0.1) is 0 Å². The first-order chi connectivity index (χ1) is 7.93. The van der Waals surface area contributed by atoms with E-state index < -0.39 is 11.7 Å². The molecule has 0 heterocycles. The summed E-state index contributed by atoms with van der Waals surface area (Å²) in [6.07, 6.45) is -3.93. The number of benzene rings is 1. The Hall–Kier alpha value is -1.07. The van der Waals surface area contributed by atoms with Crippen molar-refractivity contribution in [2.24, 2.45) is 5.73 Å². The molecule has 0 fully saturated rings. The van der Waals surface area contributed by atoms with Gasteiger partial charge in [0.05, 0.1) is 12.2 Å². The first-order valence-corrected chi connectivity index (χ1v) is 5.43. The van der Waals surface area contributed by atoms with Crippen molar-refractivity contribution in [3.63, 3.8) is 0 Å². The van der Waals surface area contributed by atoms with E-state index in [0.29, 0.717) is 25.2 Å². The van der Waals surface area contributed by atoms with Crippen molar-refractivity contribution in [2.45, 2.75) is 25.6 Å².